The monoisotopic (exact) mass is 281 g/mol. The average molecular weight is 282 g/mol. The number of ketones is 1. The lowest BCUT2D eigenvalue weighted by Crippen LogP contribution is -2.05. The van der Waals surface area contributed by atoms with Gasteiger partial charge in [-0.1, -0.05) is 41.9 Å². The van der Waals surface area contributed by atoms with Gasteiger partial charge in [0.15, 0.2) is 0 Å². The van der Waals surface area contributed by atoms with Gasteiger partial charge in [0.25, 0.3) is 0 Å². The molecule has 1 heterocycles. The van der Waals surface area contributed by atoms with Crippen molar-refractivity contribution < 1.29 is 4.79 Å². The number of hydrogen-bond acceptors (Lipinski definition) is 2. The summed E-state index contributed by atoms with van der Waals surface area (Å²) in [5.41, 5.74) is 2.88. The van der Waals surface area contributed by atoms with Crippen LogP contribution in [0.1, 0.15) is 21.6 Å². The number of benzene rings is 2. The molecule has 0 saturated heterocycles. The van der Waals surface area contributed by atoms with Crippen LogP contribution in [0.5, 0.6) is 0 Å². The molecule has 0 bridgehead atoms. The zero-order valence-electron chi connectivity index (χ0n) is 10.9. The Labute approximate surface area is 122 Å². The second-order valence-electron chi connectivity index (χ2n) is 4.68. The predicted octanol–water partition coefficient (Wildman–Crippen LogP) is 4.43. The number of aromatic nitrogens is 1. The third kappa shape index (κ3) is 2.30. The first-order valence-electron chi connectivity index (χ1n) is 6.32. The quantitative estimate of drug-likeness (QED) is 0.651. The van der Waals surface area contributed by atoms with E-state index in [4.69, 9.17) is 11.6 Å². The Balaban J connectivity index is 2.12. The molecule has 0 aliphatic carbocycles. The van der Waals surface area contributed by atoms with E-state index in [1.165, 1.54) is 0 Å². The number of halogens is 1. The van der Waals surface area contributed by atoms with E-state index in [9.17, 15) is 4.79 Å². The van der Waals surface area contributed by atoms with Crippen LogP contribution in [0, 0.1) is 6.92 Å². The number of para-hydroxylation sites is 1. The zero-order valence-corrected chi connectivity index (χ0v) is 11.7. The third-order valence-electron chi connectivity index (χ3n) is 3.24. The van der Waals surface area contributed by atoms with Gasteiger partial charge in [-0.15, -0.1) is 0 Å². The fraction of sp³-hybridized carbons (Fsp3) is 0.0588. The van der Waals surface area contributed by atoms with Gasteiger partial charge in [-0.3, -0.25) is 4.79 Å². The smallest absolute Gasteiger partial charge is 0.211 e. The minimum Gasteiger partial charge on any atom is -0.287 e. The summed E-state index contributed by atoms with van der Waals surface area (Å²) in [7, 11) is 0. The van der Waals surface area contributed by atoms with Crippen molar-refractivity contribution >= 4 is 28.3 Å². The minimum atomic E-state index is -0.110. The second-order valence-corrected chi connectivity index (χ2v) is 5.12. The molecule has 0 amide bonds. The van der Waals surface area contributed by atoms with E-state index in [-0.39, 0.29) is 5.78 Å². The molecule has 1 aromatic heterocycles. The molecule has 0 saturated carbocycles. The van der Waals surface area contributed by atoms with Gasteiger partial charge in [-0.2, -0.15) is 0 Å². The van der Waals surface area contributed by atoms with E-state index >= 15 is 0 Å². The van der Waals surface area contributed by atoms with Gasteiger partial charge in [0, 0.05) is 16.0 Å². The van der Waals surface area contributed by atoms with Crippen molar-refractivity contribution in [2.24, 2.45) is 0 Å². The summed E-state index contributed by atoms with van der Waals surface area (Å²) in [5.74, 6) is -0.110. The molecule has 0 radical (unpaired) electrons. The van der Waals surface area contributed by atoms with Crippen LogP contribution in [0.3, 0.4) is 0 Å². The normalized spacial score (nSPS) is 10.7. The Hall–Kier alpha value is -2.19. The Kier molecular flexibility index (Phi) is 3.25. The van der Waals surface area contributed by atoms with Crippen molar-refractivity contribution in [3.63, 3.8) is 0 Å². The molecule has 2 nitrogen and oxygen atoms in total. The Morgan fingerprint density at radius 1 is 1.05 bits per heavy atom. The first-order valence-corrected chi connectivity index (χ1v) is 6.69. The van der Waals surface area contributed by atoms with Crippen molar-refractivity contribution in [2.45, 2.75) is 6.92 Å². The SMILES string of the molecule is Cc1cc(C(=O)c2cccc(Cl)c2)nc2ccccc12. The molecule has 98 valence electrons. The Morgan fingerprint density at radius 3 is 2.65 bits per heavy atom. The number of rotatable bonds is 2. The number of pyridine rings is 1. The number of carbonyl (C=O) groups excluding carboxylic acids is 1. The Bertz CT molecular complexity index is 811. The summed E-state index contributed by atoms with van der Waals surface area (Å²) in [6.07, 6.45) is 0. The summed E-state index contributed by atoms with van der Waals surface area (Å²) >= 11 is 5.93. The van der Waals surface area contributed by atoms with Crippen LogP contribution in [0.4, 0.5) is 0 Å². The molecule has 2 aromatic carbocycles. The van der Waals surface area contributed by atoms with E-state index < -0.39 is 0 Å². The molecule has 0 aliphatic rings. The summed E-state index contributed by atoms with van der Waals surface area (Å²) in [4.78, 5) is 16.9. The zero-order chi connectivity index (χ0) is 14.1. The van der Waals surface area contributed by atoms with Gasteiger partial charge in [0.1, 0.15) is 5.69 Å². The van der Waals surface area contributed by atoms with Crippen LogP contribution >= 0.6 is 11.6 Å². The van der Waals surface area contributed by atoms with Gasteiger partial charge in [0.05, 0.1) is 5.52 Å². The molecular weight excluding hydrogens is 270 g/mol. The highest BCUT2D eigenvalue weighted by Crippen LogP contribution is 2.20. The first-order chi connectivity index (χ1) is 9.65. The summed E-state index contributed by atoms with van der Waals surface area (Å²) < 4.78 is 0. The maximum atomic E-state index is 12.5. The standard InChI is InChI=1S/C17H12ClNO/c1-11-9-16(19-15-8-3-2-7-14(11)15)17(20)12-5-4-6-13(18)10-12/h2-10H,1H3. The first kappa shape index (κ1) is 12.8. The molecule has 0 N–H and O–H groups in total. The highest BCUT2D eigenvalue weighted by molar-refractivity contribution is 6.31. The topological polar surface area (TPSA) is 30.0 Å². The van der Waals surface area contributed by atoms with Crippen LogP contribution in [0.25, 0.3) is 10.9 Å². The molecule has 3 rings (SSSR count). The molecule has 3 aromatic rings. The summed E-state index contributed by atoms with van der Waals surface area (Å²) in [6, 6.07) is 16.6. The van der Waals surface area contributed by atoms with Gasteiger partial charge in [-0.05, 0) is 36.8 Å². The minimum absolute atomic E-state index is 0.110. The lowest BCUT2D eigenvalue weighted by molar-refractivity contribution is 0.103. The van der Waals surface area contributed by atoms with Gasteiger partial charge >= 0.3 is 0 Å². The van der Waals surface area contributed by atoms with E-state index in [2.05, 4.69) is 4.98 Å². The third-order valence-corrected chi connectivity index (χ3v) is 3.48. The fourth-order valence-electron chi connectivity index (χ4n) is 2.24. The Morgan fingerprint density at radius 2 is 1.85 bits per heavy atom. The van der Waals surface area contributed by atoms with Gasteiger partial charge in [-0.25, -0.2) is 4.98 Å². The molecular formula is C17H12ClNO. The lowest BCUT2D eigenvalue weighted by Gasteiger charge is -2.06. The van der Waals surface area contributed by atoms with E-state index in [0.717, 1.165) is 16.5 Å². The predicted molar refractivity (Wildman–Crippen MR) is 81.4 cm³/mol. The number of aryl methyl sites for hydroxylation is 1. The highest BCUT2D eigenvalue weighted by atomic mass is 35.5. The molecule has 0 aliphatic heterocycles. The number of hydrogen-bond donors (Lipinski definition) is 0. The second kappa shape index (κ2) is 5.06. The van der Waals surface area contributed by atoms with Crippen molar-refractivity contribution in [1.29, 1.82) is 0 Å². The van der Waals surface area contributed by atoms with E-state index in [1.54, 1.807) is 24.3 Å². The molecule has 0 atom stereocenters. The fourth-order valence-corrected chi connectivity index (χ4v) is 2.43. The van der Waals surface area contributed by atoms with Crippen molar-refractivity contribution in [2.75, 3.05) is 0 Å². The van der Waals surface area contributed by atoms with Crippen LogP contribution in [-0.2, 0) is 0 Å². The van der Waals surface area contributed by atoms with Crippen LogP contribution in [0.15, 0.2) is 54.6 Å². The molecule has 3 heteroatoms. The van der Waals surface area contributed by atoms with Crippen molar-refractivity contribution in [1.82, 2.24) is 4.98 Å². The van der Waals surface area contributed by atoms with E-state index in [1.807, 2.05) is 37.3 Å². The number of carbonyl (C=O) groups is 1. The summed E-state index contributed by atoms with van der Waals surface area (Å²) in [5, 5.41) is 1.61. The lowest BCUT2D eigenvalue weighted by atomic mass is 10.0. The molecule has 20 heavy (non-hydrogen) atoms. The summed E-state index contributed by atoms with van der Waals surface area (Å²) in [6.45, 7) is 1.98. The average Bonchev–Trinajstić information content (AvgIpc) is 2.46. The van der Waals surface area contributed by atoms with Crippen LogP contribution in [0.2, 0.25) is 5.02 Å². The van der Waals surface area contributed by atoms with Crippen molar-refractivity contribution in [3.8, 4) is 0 Å². The van der Waals surface area contributed by atoms with Crippen LogP contribution < -0.4 is 0 Å². The van der Waals surface area contributed by atoms with Gasteiger partial charge in [0.2, 0.25) is 5.78 Å². The van der Waals surface area contributed by atoms with Gasteiger partial charge < -0.3 is 0 Å². The maximum Gasteiger partial charge on any atom is 0.211 e. The number of fused-ring (bicyclic) bond motifs is 1. The van der Waals surface area contributed by atoms with Crippen LogP contribution in [-0.4, -0.2) is 10.8 Å². The largest absolute Gasteiger partial charge is 0.287 e. The van der Waals surface area contributed by atoms with Crippen molar-refractivity contribution in [3.05, 3.63) is 76.4 Å². The molecule has 0 fully saturated rings. The maximum absolute atomic E-state index is 12.5. The number of nitrogens with zero attached hydrogens (tertiary/aromatic N) is 1. The van der Waals surface area contributed by atoms with E-state index in [0.29, 0.717) is 16.3 Å². The molecule has 0 unspecified atom stereocenters. The highest BCUT2D eigenvalue weighted by Gasteiger charge is 2.13. The molecule has 0 spiro atoms.